The van der Waals surface area contributed by atoms with Crippen molar-refractivity contribution >= 4 is 5.97 Å². The van der Waals surface area contributed by atoms with Gasteiger partial charge in [0.2, 0.25) is 11.9 Å². The summed E-state index contributed by atoms with van der Waals surface area (Å²) in [7, 11) is 1.19. The van der Waals surface area contributed by atoms with Gasteiger partial charge in [0.25, 0.3) is 0 Å². The SMILES string of the molecule is COC(=O)C1=C(N)Oc2ccccc2C1C(C)[N+](=O)[O-]. The third kappa shape index (κ3) is 2.18. The second-order valence-electron chi connectivity index (χ2n) is 4.41. The fraction of sp³-hybridized carbons (Fsp3) is 0.308. The number of nitrogens with zero attached hydrogens (tertiary/aromatic N) is 1. The highest BCUT2D eigenvalue weighted by atomic mass is 16.6. The van der Waals surface area contributed by atoms with Gasteiger partial charge in [0.1, 0.15) is 11.3 Å². The number of methoxy groups -OCH3 is 1. The number of carbonyl (C=O) groups excluding carboxylic acids is 1. The first-order chi connectivity index (χ1) is 9.47. The number of ether oxygens (including phenoxy) is 2. The highest BCUT2D eigenvalue weighted by Gasteiger charge is 2.42. The normalized spacial score (nSPS) is 18.8. The van der Waals surface area contributed by atoms with Crippen LogP contribution in [0.1, 0.15) is 18.4 Å². The van der Waals surface area contributed by atoms with Crippen molar-refractivity contribution in [1.82, 2.24) is 0 Å². The summed E-state index contributed by atoms with van der Waals surface area (Å²) in [5.74, 6) is -1.27. The highest BCUT2D eigenvalue weighted by molar-refractivity contribution is 5.91. The molecule has 7 heteroatoms. The topological polar surface area (TPSA) is 105 Å². The first kappa shape index (κ1) is 13.9. The summed E-state index contributed by atoms with van der Waals surface area (Å²) in [5, 5.41) is 11.1. The Hall–Kier alpha value is -2.57. The van der Waals surface area contributed by atoms with Crippen molar-refractivity contribution in [3.05, 3.63) is 51.4 Å². The van der Waals surface area contributed by atoms with E-state index in [1.54, 1.807) is 24.3 Å². The number of para-hydroxylation sites is 1. The minimum absolute atomic E-state index is 0.0181. The molecule has 0 spiro atoms. The third-order valence-electron chi connectivity index (χ3n) is 3.27. The maximum atomic E-state index is 11.9. The van der Waals surface area contributed by atoms with E-state index >= 15 is 0 Å². The lowest BCUT2D eigenvalue weighted by Gasteiger charge is -2.28. The van der Waals surface area contributed by atoms with Crippen LogP contribution in [0.4, 0.5) is 0 Å². The van der Waals surface area contributed by atoms with Gasteiger partial charge in [-0.05, 0) is 6.07 Å². The zero-order valence-corrected chi connectivity index (χ0v) is 11.0. The molecule has 1 aromatic rings. The smallest absolute Gasteiger partial charge is 0.340 e. The van der Waals surface area contributed by atoms with E-state index in [1.165, 1.54) is 14.0 Å². The summed E-state index contributed by atoms with van der Waals surface area (Å²) in [6.07, 6.45) is 0. The summed E-state index contributed by atoms with van der Waals surface area (Å²) in [4.78, 5) is 22.5. The second kappa shape index (κ2) is 5.20. The molecule has 2 atom stereocenters. The van der Waals surface area contributed by atoms with Gasteiger partial charge < -0.3 is 15.2 Å². The Labute approximate surface area is 115 Å². The van der Waals surface area contributed by atoms with Crippen molar-refractivity contribution in [1.29, 1.82) is 0 Å². The first-order valence-electron chi connectivity index (χ1n) is 5.95. The fourth-order valence-electron chi connectivity index (χ4n) is 2.27. The molecular weight excluding hydrogens is 264 g/mol. The predicted molar refractivity (Wildman–Crippen MR) is 69.5 cm³/mol. The van der Waals surface area contributed by atoms with Crippen LogP contribution in [-0.4, -0.2) is 24.0 Å². The van der Waals surface area contributed by atoms with E-state index < -0.39 is 22.9 Å². The average molecular weight is 278 g/mol. The van der Waals surface area contributed by atoms with Gasteiger partial charge in [-0.1, -0.05) is 18.2 Å². The molecule has 7 nitrogen and oxygen atoms in total. The summed E-state index contributed by atoms with van der Waals surface area (Å²) in [6, 6.07) is 5.74. The molecule has 1 aliphatic rings. The summed E-state index contributed by atoms with van der Waals surface area (Å²) in [5.41, 5.74) is 6.26. The van der Waals surface area contributed by atoms with Crippen LogP contribution in [0.5, 0.6) is 5.75 Å². The van der Waals surface area contributed by atoms with E-state index in [-0.39, 0.29) is 11.5 Å². The molecule has 0 bridgehead atoms. The standard InChI is InChI=1S/C13H14N2O5/c1-7(15(17)18)10-8-5-3-4-6-9(8)20-12(14)11(10)13(16)19-2/h3-7,10H,14H2,1-2H3. The molecule has 0 amide bonds. The van der Waals surface area contributed by atoms with Gasteiger partial charge >= 0.3 is 5.97 Å². The van der Waals surface area contributed by atoms with Crippen molar-refractivity contribution in [3.8, 4) is 5.75 Å². The van der Waals surface area contributed by atoms with Crippen LogP contribution in [-0.2, 0) is 9.53 Å². The molecule has 0 aliphatic carbocycles. The number of nitrogens with two attached hydrogens (primary N) is 1. The molecule has 1 heterocycles. The Morgan fingerprint density at radius 3 is 2.75 bits per heavy atom. The Bertz CT molecular complexity index is 596. The number of hydrogen-bond donors (Lipinski definition) is 1. The highest BCUT2D eigenvalue weighted by Crippen LogP contribution is 2.40. The van der Waals surface area contributed by atoms with Crippen molar-refractivity contribution in [2.24, 2.45) is 5.73 Å². The number of benzene rings is 1. The van der Waals surface area contributed by atoms with Crippen LogP contribution in [0, 0.1) is 10.1 Å². The summed E-state index contributed by atoms with van der Waals surface area (Å²) < 4.78 is 10.0. The molecule has 20 heavy (non-hydrogen) atoms. The van der Waals surface area contributed by atoms with Crippen LogP contribution in [0.15, 0.2) is 35.7 Å². The van der Waals surface area contributed by atoms with Crippen LogP contribution in [0.25, 0.3) is 0 Å². The zero-order valence-electron chi connectivity index (χ0n) is 11.0. The van der Waals surface area contributed by atoms with E-state index in [0.29, 0.717) is 11.3 Å². The number of nitro groups is 1. The molecule has 2 unspecified atom stereocenters. The van der Waals surface area contributed by atoms with Gasteiger partial charge in [0.15, 0.2) is 0 Å². The van der Waals surface area contributed by atoms with E-state index in [9.17, 15) is 14.9 Å². The second-order valence-corrected chi connectivity index (χ2v) is 4.41. The van der Waals surface area contributed by atoms with E-state index in [2.05, 4.69) is 4.74 Å². The Balaban J connectivity index is 2.60. The third-order valence-corrected chi connectivity index (χ3v) is 3.27. The monoisotopic (exact) mass is 278 g/mol. The van der Waals surface area contributed by atoms with E-state index in [0.717, 1.165) is 0 Å². The van der Waals surface area contributed by atoms with Gasteiger partial charge in [-0.25, -0.2) is 4.79 Å². The molecule has 0 aromatic heterocycles. The molecule has 0 radical (unpaired) electrons. The quantitative estimate of drug-likeness (QED) is 0.505. The molecule has 1 aromatic carbocycles. The van der Waals surface area contributed by atoms with Crippen molar-refractivity contribution in [2.45, 2.75) is 18.9 Å². The van der Waals surface area contributed by atoms with E-state index in [1.807, 2.05) is 0 Å². The summed E-state index contributed by atoms with van der Waals surface area (Å²) >= 11 is 0. The molecule has 0 saturated carbocycles. The molecular formula is C13H14N2O5. The van der Waals surface area contributed by atoms with Gasteiger partial charge in [-0.2, -0.15) is 0 Å². The minimum atomic E-state index is -1.03. The molecule has 2 rings (SSSR count). The van der Waals surface area contributed by atoms with Crippen LogP contribution >= 0.6 is 0 Å². The fourth-order valence-corrected chi connectivity index (χ4v) is 2.27. The lowest BCUT2D eigenvalue weighted by atomic mass is 9.84. The maximum Gasteiger partial charge on any atom is 0.340 e. The largest absolute Gasteiger partial charge is 0.465 e. The van der Waals surface area contributed by atoms with Gasteiger partial charge in [-0.15, -0.1) is 0 Å². The molecule has 0 fully saturated rings. The lowest BCUT2D eigenvalue weighted by molar-refractivity contribution is -0.520. The Kier molecular flexibility index (Phi) is 3.60. The van der Waals surface area contributed by atoms with Crippen molar-refractivity contribution < 1.29 is 19.2 Å². The number of fused-ring (bicyclic) bond motifs is 1. The first-order valence-corrected chi connectivity index (χ1v) is 5.95. The van der Waals surface area contributed by atoms with Gasteiger partial charge in [0, 0.05) is 17.4 Å². The molecule has 2 N–H and O–H groups in total. The Morgan fingerprint density at radius 1 is 1.50 bits per heavy atom. The number of carbonyl (C=O) groups is 1. The van der Waals surface area contributed by atoms with Crippen LogP contribution < -0.4 is 10.5 Å². The summed E-state index contributed by atoms with van der Waals surface area (Å²) in [6.45, 7) is 1.42. The predicted octanol–water partition coefficient (Wildman–Crippen LogP) is 1.17. The number of hydrogen-bond acceptors (Lipinski definition) is 6. The zero-order chi connectivity index (χ0) is 14.9. The molecule has 106 valence electrons. The Morgan fingerprint density at radius 2 is 2.15 bits per heavy atom. The number of esters is 1. The van der Waals surface area contributed by atoms with Gasteiger partial charge in [0.05, 0.1) is 13.0 Å². The van der Waals surface area contributed by atoms with Gasteiger partial charge in [-0.3, -0.25) is 10.1 Å². The molecule has 1 aliphatic heterocycles. The van der Waals surface area contributed by atoms with E-state index in [4.69, 9.17) is 10.5 Å². The molecule has 0 saturated heterocycles. The van der Waals surface area contributed by atoms with Crippen molar-refractivity contribution in [3.63, 3.8) is 0 Å². The minimum Gasteiger partial charge on any atom is -0.465 e. The lowest BCUT2D eigenvalue weighted by Crippen LogP contribution is -2.34. The maximum absolute atomic E-state index is 11.9. The number of rotatable bonds is 3. The van der Waals surface area contributed by atoms with Crippen molar-refractivity contribution in [2.75, 3.05) is 7.11 Å². The van der Waals surface area contributed by atoms with Crippen LogP contribution in [0.2, 0.25) is 0 Å². The van der Waals surface area contributed by atoms with Crippen LogP contribution in [0.3, 0.4) is 0 Å². The average Bonchev–Trinajstić information content (AvgIpc) is 2.44.